The van der Waals surface area contributed by atoms with Crippen LogP contribution in [0, 0.1) is 19.7 Å². The van der Waals surface area contributed by atoms with Crippen molar-refractivity contribution < 1.29 is 37.7 Å². The van der Waals surface area contributed by atoms with Crippen LogP contribution in [-0.4, -0.2) is 60.6 Å². The summed E-state index contributed by atoms with van der Waals surface area (Å²) in [5, 5.41) is 3.35. The number of methoxy groups -OCH3 is 3. The Morgan fingerprint density at radius 1 is 0.913 bits per heavy atom. The molecule has 11 nitrogen and oxygen atoms in total. The second-order valence-electron chi connectivity index (χ2n) is 10.3. The molecular weight excluding hydrogens is 615 g/mol. The molecule has 2 heterocycles. The van der Waals surface area contributed by atoms with Crippen molar-refractivity contribution in [3.05, 3.63) is 89.0 Å². The van der Waals surface area contributed by atoms with Gasteiger partial charge in [0.15, 0.2) is 28.2 Å². The Hall–Kier alpha value is -5.04. The van der Waals surface area contributed by atoms with Crippen LogP contribution in [0.1, 0.15) is 28.6 Å². The number of carbonyl (C=O) groups excluding carboxylic acids is 2. The van der Waals surface area contributed by atoms with Gasteiger partial charge in [-0.1, -0.05) is 23.9 Å². The molecule has 5 rings (SSSR count). The molecule has 3 aromatic carbocycles. The average Bonchev–Trinajstić information content (AvgIpc) is 3.51. The number of thioether (sulfide) groups is 1. The number of anilines is 1. The zero-order valence-electron chi connectivity index (χ0n) is 26.0. The fourth-order valence-electron chi connectivity index (χ4n) is 4.99. The van der Waals surface area contributed by atoms with Gasteiger partial charge in [0.2, 0.25) is 18.4 Å². The van der Waals surface area contributed by atoms with Crippen LogP contribution >= 0.6 is 11.8 Å². The standard InChI is InChI=1S/C33H33FN4O7S/c1-19-12-20(2)36-33(35-19)46-17-29(39)38(16-21-6-8-23(34)9-7-21)30(22-13-27(41-3)31(43-5)28(14-22)42-4)32(40)37-24-10-11-25-26(15-24)45-18-44-25/h6-15,30H,16-18H2,1-5H3,(H,37,40)/t30-/m0/s1. The van der Waals surface area contributed by atoms with Crippen LogP contribution in [0.2, 0.25) is 0 Å². The van der Waals surface area contributed by atoms with Crippen LogP contribution in [0.3, 0.4) is 0 Å². The minimum Gasteiger partial charge on any atom is -0.493 e. The van der Waals surface area contributed by atoms with E-state index in [1.807, 2.05) is 19.9 Å². The van der Waals surface area contributed by atoms with Gasteiger partial charge in [0.05, 0.1) is 27.1 Å². The summed E-state index contributed by atoms with van der Waals surface area (Å²) >= 11 is 1.16. The van der Waals surface area contributed by atoms with E-state index in [9.17, 15) is 14.0 Å². The SMILES string of the molecule is COc1cc([C@@H](C(=O)Nc2ccc3c(c2)OCO3)N(Cc2ccc(F)cc2)C(=O)CSc2nc(C)cc(C)n2)cc(OC)c1OC. The predicted molar refractivity (Wildman–Crippen MR) is 169 cm³/mol. The van der Waals surface area contributed by atoms with Crippen LogP contribution in [-0.2, 0) is 16.1 Å². The van der Waals surface area contributed by atoms with Crippen LogP contribution in [0.25, 0.3) is 0 Å². The Morgan fingerprint density at radius 3 is 2.20 bits per heavy atom. The van der Waals surface area contributed by atoms with E-state index in [1.54, 1.807) is 42.5 Å². The van der Waals surface area contributed by atoms with Gasteiger partial charge < -0.3 is 33.9 Å². The number of fused-ring (bicyclic) bond motifs is 1. The number of aryl methyl sites for hydroxylation is 2. The zero-order valence-corrected chi connectivity index (χ0v) is 26.8. The van der Waals surface area contributed by atoms with E-state index in [1.165, 1.54) is 38.4 Å². The van der Waals surface area contributed by atoms with Gasteiger partial charge in [-0.15, -0.1) is 0 Å². The third kappa shape index (κ3) is 7.42. The monoisotopic (exact) mass is 648 g/mol. The van der Waals surface area contributed by atoms with E-state index in [0.29, 0.717) is 50.7 Å². The first-order valence-corrected chi connectivity index (χ1v) is 15.2. The number of hydrogen-bond donors (Lipinski definition) is 1. The van der Waals surface area contributed by atoms with Crippen molar-refractivity contribution in [2.45, 2.75) is 31.6 Å². The molecule has 0 fully saturated rings. The minimum absolute atomic E-state index is 0.0245. The summed E-state index contributed by atoms with van der Waals surface area (Å²) in [6, 6.07) is 14.6. The van der Waals surface area contributed by atoms with Gasteiger partial charge in [-0.2, -0.15) is 0 Å². The number of rotatable bonds is 12. The number of aromatic nitrogens is 2. The van der Waals surface area contributed by atoms with Crippen LogP contribution in [0.5, 0.6) is 28.7 Å². The molecule has 1 aliphatic rings. The molecule has 2 amide bonds. The van der Waals surface area contributed by atoms with E-state index >= 15 is 0 Å². The van der Waals surface area contributed by atoms with Gasteiger partial charge in [0, 0.05) is 29.7 Å². The van der Waals surface area contributed by atoms with E-state index in [2.05, 4.69) is 15.3 Å². The molecule has 1 aliphatic heterocycles. The summed E-state index contributed by atoms with van der Waals surface area (Å²) in [6.07, 6.45) is 0. The number of halogens is 1. The second-order valence-corrected chi connectivity index (χ2v) is 11.2. The predicted octanol–water partition coefficient (Wildman–Crippen LogP) is 5.49. The van der Waals surface area contributed by atoms with Gasteiger partial charge >= 0.3 is 0 Å². The van der Waals surface area contributed by atoms with Crippen molar-refractivity contribution in [1.82, 2.24) is 14.9 Å². The number of benzene rings is 3. The highest BCUT2D eigenvalue weighted by molar-refractivity contribution is 7.99. The molecule has 0 bridgehead atoms. The maximum atomic E-state index is 14.3. The third-order valence-corrected chi connectivity index (χ3v) is 7.91. The Kier molecular flexibility index (Phi) is 10.1. The summed E-state index contributed by atoms with van der Waals surface area (Å²) < 4.78 is 41.4. The summed E-state index contributed by atoms with van der Waals surface area (Å²) in [5.74, 6) is 0.517. The normalized spacial score (nSPS) is 12.3. The highest BCUT2D eigenvalue weighted by Crippen LogP contribution is 2.42. The molecule has 1 aromatic heterocycles. The molecule has 0 radical (unpaired) electrons. The van der Waals surface area contributed by atoms with Gasteiger partial charge in [0.25, 0.3) is 5.91 Å². The molecular formula is C33H33FN4O7S. The van der Waals surface area contributed by atoms with Gasteiger partial charge in [0.1, 0.15) is 11.9 Å². The van der Waals surface area contributed by atoms with Crippen LogP contribution in [0.4, 0.5) is 10.1 Å². The number of amides is 2. The van der Waals surface area contributed by atoms with Crippen molar-refractivity contribution >= 4 is 29.3 Å². The Balaban J connectivity index is 1.58. The highest BCUT2D eigenvalue weighted by Gasteiger charge is 2.34. The average molecular weight is 649 g/mol. The third-order valence-electron chi connectivity index (χ3n) is 7.08. The molecule has 240 valence electrons. The summed E-state index contributed by atoms with van der Waals surface area (Å²) in [5.41, 5.74) is 2.96. The number of nitrogens with one attached hydrogen (secondary N) is 1. The Bertz CT molecular complexity index is 1690. The van der Waals surface area contributed by atoms with E-state index in [4.69, 9.17) is 23.7 Å². The molecule has 0 aliphatic carbocycles. The van der Waals surface area contributed by atoms with E-state index < -0.39 is 23.7 Å². The van der Waals surface area contributed by atoms with Crippen molar-refractivity contribution in [2.24, 2.45) is 0 Å². The summed E-state index contributed by atoms with van der Waals surface area (Å²) in [4.78, 5) is 38.8. The number of nitrogens with zero attached hydrogens (tertiary/aromatic N) is 3. The van der Waals surface area contributed by atoms with Crippen molar-refractivity contribution in [1.29, 1.82) is 0 Å². The molecule has 0 saturated heterocycles. The van der Waals surface area contributed by atoms with Gasteiger partial charge in [-0.3, -0.25) is 9.59 Å². The van der Waals surface area contributed by atoms with Crippen molar-refractivity contribution in [3.8, 4) is 28.7 Å². The smallest absolute Gasteiger partial charge is 0.251 e. The Morgan fingerprint density at radius 2 is 1.57 bits per heavy atom. The maximum absolute atomic E-state index is 14.3. The quantitative estimate of drug-likeness (QED) is 0.156. The molecule has 4 aromatic rings. The van der Waals surface area contributed by atoms with Crippen molar-refractivity contribution in [3.63, 3.8) is 0 Å². The van der Waals surface area contributed by atoms with Crippen LogP contribution < -0.4 is 29.0 Å². The fraction of sp³-hybridized carbons (Fsp3) is 0.273. The second kappa shape index (κ2) is 14.4. The first kappa shape index (κ1) is 32.4. The molecule has 0 unspecified atom stereocenters. The first-order chi connectivity index (χ1) is 22.2. The summed E-state index contributed by atoms with van der Waals surface area (Å²) in [6.45, 7) is 3.75. The topological polar surface area (TPSA) is 121 Å². The number of hydrogen-bond acceptors (Lipinski definition) is 10. The fourth-order valence-corrected chi connectivity index (χ4v) is 5.83. The van der Waals surface area contributed by atoms with Gasteiger partial charge in [-0.25, -0.2) is 14.4 Å². The zero-order chi connectivity index (χ0) is 32.8. The molecule has 46 heavy (non-hydrogen) atoms. The minimum atomic E-state index is -1.21. The molecule has 0 saturated carbocycles. The van der Waals surface area contributed by atoms with Crippen LogP contribution in [0.15, 0.2) is 65.8 Å². The highest BCUT2D eigenvalue weighted by atomic mass is 32.2. The number of carbonyl (C=O) groups is 2. The van der Waals surface area contributed by atoms with Crippen molar-refractivity contribution in [2.75, 3.05) is 39.2 Å². The lowest BCUT2D eigenvalue weighted by atomic mass is 10.0. The first-order valence-electron chi connectivity index (χ1n) is 14.2. The lowest BCUT2D eigenvalue weighted by Crippen LogP contribution is -2.42. The molecule has 1 atom stereocenters. The maximum Gasteiger partial charge on any atom is 0.251 e. The lowest BCUT2D eigenvalue weighted by Gasteiger charge is -2.32. The summed E-state index contributed by atoms with van der Waals surface area (Å²) in [7, 11) is 4.40. The van der Waals surface area contributed by atoms with E-state index in [0.717, 1.165) is 23.1 Å². The lowest BCUT2D eigenvalue weighted by molar-refractivity contribution is -0.137. The van der Waals surface area contributed by atoms with Gasteiger partial charge in [-0.05, 0) is 67.4 Å². The number of ether oxygens (including phenoxy) is 5. The molecule has 1 N–H and O–H groups in total. The largest absolute Gasteiger partial charge is 0.493 e. The molecule has 13 heteroatoms. The molecule has 0 spiro atoms. The van der Waals surface area contributed by atoms with E-state index in [-0.39, 0.29) is 19.1 Å². The Labute approximate surface area is 270 Å².